The van der Waals surface area contributed by atoms with Crippen LogP contribution in [-0.4, -0.2) is 64.9 Å². The lowest BCUT2D eigenvalue weighted by Crippen LogP contribution is -2.50. The lowest BCUT2D eigenvalue weighted by atomic mass is 9.93. The van der Waals surface area contributed by atoms with Crippen LogP contribution in [0.25, 0.3) is 0 Å². The molecule has 2 saturated heterocycles. The van der Waals surface area contributed by atoms with Crippen molar-refractivity contribution in [2.45, 2.75) is 51.7 Å². The van der Waals surface area contributed by atoms with E-state index in [9.17, 15) is 4.79 Å². The standard InChI is InChI=1S/C24H34N4O2/c1-19-5-6-23(30-19)18-26(2)24(29)21-4-3-13-28(17-21)22-9-14-27(15-10-22)16-20-7-11-25-12-8-20/h5-8,11-12,21-22H,3-4,9-10,13-18H2,1-2H3/t21-/m1/s1. The van der Waals surface area contributed by atoms with Crippen molar-refractivity contribution in [2.24, 2.45) is 5.92 Å². The van der Waals surface area contributed by atoms with Gasteiger partial charge in [-0.3, -0.25) is 19.6 Å². The van der Waals surface area contributed by atoms with Gasteiger partial charge in [0.1, 0.15) is 11.5 Å². The van der Waals surface area contributed by atoms with E-state index < -0.39 is 0 Å². The van der Waals surface area contributed by atoms with Crippen LogP contribution in [0, 0.1) is 12.8 Å². The highest BCUT2D eigenvalue weighted by Crippen LogP contribution is 2.26. The highest BCUT2D eigenvalue weighted by atomic mass is 16.3. The number of hydrogen-bond acceptors (Lipinski definition) is 5. The van der Waals surface area contributed by atoms with Gasteiger partial charge in [-0.15, -0.1) is 0 Å². The number of piperidine rings is 2. The number of carbonyl (C=O) groups excluding carboxylic acids is 1. The zero-order chi connectivity index (χ0) is 20.9. The van der Waals surface area contributed by atoms with Crippen LogP contribution in [0.15, 0.2) is 41.1 Å². The van der Waals surface area contributed by atoms with Crippen LogP contribution in [0.1, 0.15) is 42.8 Å². The summed E-state index contributed by atoms with van der Waals surface area (Å²) in [7, 11) is 1.90. The Kier molecular flexibility index (Phi) is 6.85. The van der Waals surface area contributed by atoms with E-state index in [1.54, 1.807) is 0 Å². The number of rotatable bonds is 6. The van der Waals surface area contributed by atoms with Gasteiger partial charge in [0, 0.05) is 38.6 Å². The van der Waals surface area contributed by atoms with E-state index in [0.717, 1.165) is 57.1 Å². The van der Waals surface area contributed by atoms with E-state index in [-0.39, 0.29) is 11.8 Å². The third-order valence-electron chi connectivity index (χ3n) is 6.60. The van der Waals surface area contributed by atoms with Crippen LogP contribution in [0.2, 0.25) is 0 Å². The molecule has 1 amide bonds. The van der Waals surface area contributed by atoms with E-state index in [4.69, 9.17) is 4.42 Å². The minimum absolute atomic E-state index is 0.106. The number of hydrogen-bond donors (Lipinski definition) is 0. The van der Waals surface area contributed by atoms with Crippen LogP contribution in [-0.2, 0) is 17.9 Å². The molecule has 0 aliphatic carbocycles. The van der Waals surface area contributed by atoms with E-state index in [1.807, 2.05) is 43.4 Å². The fourth-order valence-electron chi connectivity index (χ4n) is 4.92. The van der Waals surface area contributed by atoms with E-state index in [1.165, 1.54) is 18.4 Å². The van der Waals surface area contributed by atoms with E-state index in [2.05, 4.69) is 26.9 Å². The highest BCUT2D eigenvalue weighted by Gasteiger charge is 2.33. The number of nitrogens with zero attached hydrogens (tertiary/aromatic N) is 4. The maximum Gasteiger partial charge on any atom is 0.227 e. The molecule has 6 heteroatoms. The number of amides is 1. The minimum Gasteiger partial charge on any atom is -0.464 e. The Balaban J connectivity index is 1.26. The largest absolute Gasteiger partial charge is 0.464 e. The smallest absolute Gasteiger partial charge is 0.227 e. The molecule has 0 N–H and O–H groups in total. The maximum absolute atomic E-state index is 13.0. The van der Waals surface area contributed by atoms with E-state index in [0.29, 0.717) is 12.6 Å². The normalized spacial score (nSPS) is 21.6. The molecular weight excluding hydrogens is 376 g/mol. The van der Waals surface area contributed by atoms with Crippen LogP contribution < -0.4 is 0 Å². The second kappa shape index (κ2) is 9.75. The maximum atomic E-state index is 13.0. The molecule has 6 nitrogen and oxygen atoms in total. The van der Waals surface area contributed by atoms with Gasteiger partial charge in [-0.05, 0) is 82.1 Å². The Morgan fingerprint density at radius 3 is 2.60 bits per heavy atom. The number of pyridine rings is 1. The summed E-state index contributed by atoms with van der Waals surface area (Å²) in [5.74, 6) is 2.11. The molecule has 4 rings (SSSR count). The Bertz CT molecular complexity index is 814. The van der Waals surface area contributed by atoms with Crippen LogP contribution in [0.3, 0.4) is 0 Å². The number of aromatic nitrogens is 1. The first-order valence-corrected chi connectivity index (χ1v) is 11.2. The van der Waals surface area contributed by atoms with Crippen LogP contribution >= 0.6 is 0 Å². The second-order valence-electron chi connectivity index (χ2n) is 8.90. The van der Waals surface area contributed by atoms with Gasteiger partial charge in [-0.1, -0.05) is 0 Å². The third kappa shape index (κ3) is 5.29. The topological polar surface area (TPSA) is 52.8 Å². The minimum atomic E-state index is 0.106. The van der Waals surface area contributed by atoms with Crippen molar-refractivity contribution in [3.8, 4) is 0 Å². The van der Waals surface area contributed by atoms with Gasteiger partial charge in [0.05, 0.1) is 12.5 Å². The molecule has 2 aromatic rings. The molecular formula is C24H34N4O2. The van der Waals surface area contributed by atoms with Gasteiger partial charge < -0.3 is 9.32 Å². The van der Waals surface area contributed by atoms with Gasteiger partial charge >= 0.3 is 0 Å². The molecule has 30 heavy (non-hydrogen) atoms. The fraction of sp³-hybridized carbons (Fsp3) is 0.583. The van der Waals surface area contributed by atoms with Crippen LogP contribution in [0.4, 0.5) is 0 Å². The van der Waals surface area contributed by atoms with E-state index >= 15 is 0 Å². The Hall–Kier alpha value is -2.18. The second-order valence-corrected chi connectivity index (χ2v) is 8.90. The number of carbonyl (C=O) groups is 1. The molecule has 0 saturated carbocycles. The average molecular weight is 411 g/mol. The summed E-state index contributed by atoms with van der Waals surface area (Å²) in [5.41, 5.74) is 1.34. The summed E-state index contributed by atoms with van der Waals surface area (Å²) in [6.07, 6.45) is 8.23. The molecule has 1 atom stereocenters. The third-order valence-corrected chi connectivity index (χ3v) is 6.60. The molecule has 0 radical (unpaired) electrons. The van der Waals surface area contributed by atoms with Gasteiger partial charge in [-0.2, -0.15) is 0 Å². The molecule has 0 aromatic carbocycles. The van der Waals surface area contributed by atoms with Crippen LogP contribution in [0.5, 0.6) is 0 Å². The summed E-state index contributed by atoms with van der Waals surface area (Å²) < 4.78 is 5.65. The number of aryl methyl sites for hydroxylation is 1. The fourth-order valence-corrected chi connectivity index (χ4v) is 4.92. The van der Waals surface area contributed by atoms with Crippen molar-refractivity contribution in [1.29, 1.82) is 0 Å². The first-order chi connectivity index (χ1) is 14.6. The first kappa shape index (κ1) is 21.1. The molecule has 2 fully saturated rings. The predicted octanol–water partition coefficient (Wildman–Crippen LogP) is 3.32. The zero-order valence-electron chi connectivity index (χ0n) is 18.3. The van der Waals surface area contributed by atoms with Crippen molar-refractivity contribution in [1.82, 2.24) is 19.7 Å². The lowest BCUT2D eigenvalue weighted by molar-refractivity contribution is -0.137. The highest BCUT2D eigenvalue weighted by molar-refractivity contribution is 5.78. The summed E-state index contributed by atoms with van der Waals surface area (Å²) in [5, 5.41) is 0. The zero-order valence-corrected chi connectivity index (χ0v) is 18.3. The number of likely N-dealkylation sites (tertiary alicyclic amines) is 2. The van der Waals surface area contributed by atoms with Gasteiger partial charge in [0.15, 0.2) is 0 Å². The first-order valence-electron chi connectivity index (χ1n) is 11.2. The molecule has 0 spiro atoms. The van der Waals surface area contributed by atoms with Crippen molar-refractivity contribution in [3.05, 3.63) is 53.7 Å². The summed E-state index contributed by atoms with van der Waals surface area (Å²) in [6, 6.07) is 8.73. The van der Waals surface area contributed by atoms with Gasteiger partial charge in [0.2, 0.25) is 5.91 Å². The van der Waals surface area contributed by atoms with Crippen molar-refractivity contribution >= 4 is 5.91 Å². The van der Waals surface area contributed by atoms with Crippen molar-refractivity contribution in [2.75, 3.05) is 33.2 Å². The van der Waals surface area contributed by atoms with Crippen molar-refractivity contribution in [3.63, 3.8) is 0 Å². The van der Waals surface area contributed by atoms with Crippen molar-refractivity contribution < 1.29 is 9.21 Å². The summed E-state index contributed by atoms with van der Waals surface area (Å²) >= 11 is 0. The molecule has 2 aromatic heterocycles. The average Bonchev–Trinajstić information content (AvgIpc) is 3.19. The van der Waals surface area contributed by atoms with Gasteiger partial charge in [-0.25, -0.2) is 0 Å². The SMILES string of the molecule is Cc1ccc(CN(C)C(=O)[C@@H]2CCCN(C3CCN(Cc4ccncc4)CC3)C2)o1. The Morgan fingerprint density at radius 2 is 1.90 bits per heavy atom. The molecule has 0 bridgehead atoms. The summed E-state index contributed by atoms with van der Waals surface area (Å²) in [4.78, 5) is 24.1. The monoisotopic (exact) mass is 410 g/mol. The molecule has 2 aliphatic rings. The summed E-state index contributed by atoms with van der Waals surface area (Å²) in [6.45, 7) is 7.77. The molecule has 2 aliphatic heterocycles. The predicted molar refractivity (Wildman–Crippen MR) is 117 cm³/mol. The lowest BCUT2D eigenvalue weighted by Gasteiger charge is -2.42. The van der Waals surface area contributed by atoms with Gasteiger partial charge in [0.25, 0.3) is 0 Å². The Morgan fingerprint density at radius 1 is 1.13 bits per heavy atom. The quantitative estimate of drug-likeness (QED) is 0.731. The number of furan rings is 1. The molecule has 0 unspecified atom stereocenters. The molecule has 162 valence electrons. The molecule has 4 heterocycles. The Labute approximate surface area is 179 Å².